The molecule has 0 aliphatic heterocycles. The molecule has 2 rings (SSSR count). The Morgan fingerprint density at radius 2 is 1.90 bits per heavy atom. The van der Waals surface area contributed by atoms with Crippen molar-refractivity contribution in [1.82, 2.24) is 5.32 Å². The Kier molecular flexibility index (Phi) is 4.53. The number of hydrogen-bond donors (Lipinski definition) is 2. The van der Waals surface area contributed by atoms with Crippen LogP contribution in [0.4, 0.5) is 5.69 Å². The van der Waals surface area contributed by atoms with Gasteiger partial charge >= 0.3 is 0 Å². The van der Waals surface area contributed by atoms with Gasteiger partial charge in [-0.3, -0.25) is 4.79 Å². The Hall–Kier alpha value is -2.14. The lowest BCUT2D eigenvalue weighted by atomic mass is 10.2. The third-order valence-corrected chi connectivity index (χ3v) is 3.83. The monoisotopic (exact) mass is 288 g/mol. The minimum Gasteiger partial charge on any atom is -0.497 e. The smallest absolute Gasteiger partial charge is 0.252 e. The number of amides is 1. The van der Waals surface area contributed by atoms with Crippen LogP contribution in [-0.2, 0) is 0 Å². The summed E-state index contributed by atoms with van der Waals surface area (Å²) in [4.78, 5) is 13.7. The molecule has 0 saturated heterocycles. The Morgan fingerprint density at radius 1 is 1.20 bits per heavy atom. The van der Waals surface area contributed by atoms with Crippen LogP contribution in [-0.4, -0.2) is 20.1 Å². The lowest BCUT2D eigenvalue weighted by Gasteiger charge is -2.09. The first-order valence-corrected chi connectivity index (χ1v) is 6.89. The molecule has 5 heteroatoms. The highest BCUT2D eigenvalue weighted by Crippen LogP contribution is 2.32. The van der Waals surface area contributed by atoms with Gasteiger partial charge in [0.15, 0.2) is 0 Å². The van der Waals surface area contributed by atoms with Crippen LogP contribution in [0.15, 0.2) is 52.3 Å². The summed E-state index contributed by atoms with van der Waals surface area (Å²) in [5.74, 6) is 0.675. The first-order valence-electron chi connectivity index (χ1n) is 6.07. The number of hydrogen-bond acceptors (Lipinski definition) is 4. The van der Waals surface area contributed by atoms with E-state index in [1.807, 2.05) is 24.3 Å². The summed E-state index contributed by atoms with van der Waals surface area (Å²) in [7, 11) is 3.24. The van der Waals surface area contributed by atoms with Gasteiger partial charge in [0, 0.05) is 22.5 Å². The predicted octanol–water partition coefficient (Wildman–Crippen LogP) is 2.79. The van der Waals surface area contributed by atoms with Crippen molar-refractivity contribution in [2.75, 3.05) is 19.9 Å². The van der Waals surface area contributed by atoms with Crippen molar-refractivity contribution in [3.05, 3.63) is 48.0 Å². The molecule has 104 valence electrons. The lowest BCUT2D eigenvalue weighted by molar-refractivity contribution is 0.0960. The molecular formula is C15H16N2O2S. The molecule has 2 aromatic carbocycles. The molecule has 2 aromatic rings. The third kappa shape index (κ3) is 3.24. The van der Waals surface area contributed by atoms with Gasteiger partial charge in [0.1, 0.15) is 5.75 Å². The Labute approximate surface area is 122 Å². The van der Waals surface area contributed by atoms with Gasteiger partial charge < -0.3 is 15.8 Å². The number of benzene rings is 2. The normalized spacial score (nSPS) is 10.1. The minimum absolute atomic E-state index is 0.124. The average Bonchev–Trinajstić information content (AvgIpc) is 2.47. The van der Waals surface area contributed by atoms with Crippen LogP contribution in [0.1, 0.15) is 10.4 Å². The number of nitrogens with two attached hydrogens (primary N) is 1. The molecule has 3 N–H and O–H groups in total. The standard InChI is InChI=1S/C15H16N2O2S/c1-17-15(18)13-8-3-10(16)9-14(13)20-12-6-4-11(19-2)5-7-12/h3-9H,16H2,1-2H3,(H,17,18). The molecule has 0 radical (unpaired) electrons. The molecule has 0 unspecified atom stereocenters. The van der Waals surface area contributed by atoms with Crippen LogP contribution in [0.3, 0.4) is 0 Å². The molecule has 20 heavy (non-hydrogen) atoms. The van der Waals surface area contributed by atoms with Gasteiger partial charge in [-0.05, 0) is 42.5 Å². The maximum atomic E-state index is 11.9. The van der Waals surface area contributed by atoms with E-state index in [1.165, 1.54) is 11.8 Å². The molecule has 0 heterocycles. The number of methoxy groups -OCH3 is 1. The predicted molar refractivity (Wildman–Crippen MR) is 81.4 cm³/mol. The number of nitrogen functional groups attached to an aromatic ring is 1. The van der Waals surface area contributed by atoms with Gasteiger partial charge in [0.05, 0.1) is 12.7 Å². The van der Waals surface area contributed by atoms with Crippen molar-refractivity contribution in [1.29, 1.82) is 0 Å². The number of ether oxygens (including phenoxy) is 1. The van der Waals surface area contributed by atoms with Gasteiger partial charge in [-0.1, -0.05) is 11.8 Å². The zero-order valence-corrected chi connectivity index (χ0v) is 12.2. The Balaban J connectivity index is 2.31. The second-order valence-corrected chi connectivity index (χ2v) is 5.23. The summed E-state index contributed by atoms with van der Waals surface area (Å²) in [6.07, 6.45) is 0. The topological polar surface area (TPSA) is 64.4 Å². The van der Waals surface area contributed by atoms with E-state index in [-0.39, 0.29) is 5.91 Å². The van der Waals surface area contributed by atoms with Crippen molar-refractivity contribution >= 4 is 23.4 Å². The van der Waals surface area contributed by atoms with Crippen molar-refractivity contribution in [2.24, 2.45) is 0 Å². The highest BCUT2D eigenvalue weighted by molar-refractivity contribution is 7.99. The van der Waals surface area contributed by atoms with Crippen LogP contribution in [0, 0.1) is 0 Å². The summed E-state index contributed by atoms with van der Waals surface area (Å²) in [6.45, 7) is 0. The summed E-state index contributed by atoms with van der Waals surface area (Å²) >= 11 is 1.49. The van der Waals surface area contributed by atoms with Gasteiger partial charge in [0.2, 0.25) is 0 Å². The number of nitrogens with one attached hydrogen (secondary N) is 1. The van der Waals surface area contributed by atoms with Crippen molar-refractivity contribution in [3.63, 3.8) is 0 Å². The Bertz CT molecular complexity index is 612. The minimum atomic E-state index is -0.124. The second kappa shape index (κ2) is 6.34. The largest absolute Gasteiger partial charge is 0.497 e. The van der Waals surface area contributed by atoms with Crippen LogP contribution >= 0.6 is 11.8 Å². The molecular weight excluding hydrogens is 272 g/mol. The quantitative estimate of drug-likeness (QED) is 0.849. The zero-order chi connectivity index (χ0) is 14.5. The average molecular weight is 288 g/mol. The summed E-state index contributed by atoms with van der Waals surface area (Å²) in [6, 6.07) is 12.9. The van der Waals surface area contributed by atoms with E-state index in [1.54, 1.807) is 32.4 Å². The lowest BCUT2D eigenvalue weighted by Crippen LogP contribution is -2.18. The maximum Gasteiger partial charge on any atom is 0.252 e. The van der Waals surface area contributed by atoms with E-state index in [0.717, 1.165) is 15.5 Å². The van der Waals surface area contributed by atoms with Gasteiger partial charge in [-0.15, -0.1) is 0 Å². The summed E-state index contributed by atoms with van der Waals surface area (Å²) in [5, 5.41) is 2.63. The molecule has 0 atom stereocenters. The molecule has 0 aliphatic carbocycles. The molecule has 0 aliphatic rings. The summed E-state index contributed by atoms with van der Waals surface area (Å²) < 4.78 is 5.12. The molecule has 0 fully saturated rings. The van der Waals surface area contributed by atoms with Crippen LogP contribution in [0.25, 0.3) is 0 Å². The third-order valence-electron chi connectivity index (χ3n) is 2.76. The number of carbonyl (C=O) groups is 1. The van der Waals surface area contributed by atoms with Gasteiger partial charge in [0.25, 0.3) is 5.91 Å². The highest BCUT2D eigenvalue weighted by Gasteiger charge is 2.11. The van der Waals surface area contributed by atoms with E-state index < -0.39 is 0 Å². The first kappa shape index (κ1) is 14.3. The van der Waals surface area contributed by atoms with Gasteiger partial charge in [-0.2, -0.15) is 0 Å². The number of carbonyl (C=O) groups excluding carboxylic acids is 1. The van der Waals surface area contributed by atoms with E-state index in [2.05, 4.69) is 5.32 Å². The van der Waals surface area contributed by atoms with Crippen molar-refractivity contribution < 1.29 is 9.53 Å². The molecule has 0 saturated carbocycles. The molecule has 0 bridgehead atoms. The Morgan fingerprint density at radius 3 is 2.50 bits per heavy atom. The fraction of sp³-hybridized carbons (Fsp3) is 0.133. The zero-order valence-electron chi connectivity index (χ0n) is 11.3. The maximum absolute atomic E-state index is 11.9. The van der Waals surface area contributed by atoms with E-state index in [4.69, 9.17) is 10.5 Å². The van der Waals surface area contributed by atoms with Crippen molar-refractivity contribution in [2.45, 2.75) is 9.79 Å². The fourth-order valence-electron chi connectivity index (χ4n) is 1.72. The van der Waals surface area contributed by atoms with Gasteiger partial charge in [-0.25, -0.2) is 0 Å². The van der Waals surface area contributed by atoms with Crippen molar-refractivity contribution in [3.8, 4) is 5.75 Å². The van der Waals surface area contributed by atoms with Crippen LogP contribution in [0.2, 0.25) is 0 Å². The molecule has 0 aromatic heterocycles. The first-order chi connectivity index (χ1) is 9.63. The number of anilines is 1. The second-order valence-electron chi connectivity index (χ2n) is 4.11. The number of rotatable bonds is 4. The summed E-state index contributed by atoms with van der Waals surface area (Å²) in [5.41, 5.74) is 7.05. The molecule has 0 spiro atoms. The van der Waals surface area contributed by atoms with E-state index >= 15 is 0 Å². The highest BCUT2D eigenvalue weighted by atomic mass is 32.2. The molecule has 1 amide bonds. The van der Waals surface area contributed by atoms with E-state index in [9.17, 15) is 4.79 Å². The van der Waals surface area contributed by atoms with Crippen LogP contribution < -0.4 is 15.8 Å². The SMILES string of the molecule is CNC(=O)c1ccc(N)cc1Sc1ccc(OC)cc1. The molecule has 4 nitrogen and oxygen atoms in total. The van der Waals surface area contributed by atoms with Crippen LogP contribution in [0.5, 0.6) is 5.75 Å². The fourth-order valence-corrected chi connectivity index (χ4v) is 2.71. The van der Waals surface area contributed by atoms with E-state index in [0.29, 0.717) is 11.3 Å².